The van der Waals surface area contributed by atoms with Gasteiger partial charge in [-0.1, -0.05) is 106 Å². The van der Waals surface area contributed by atoms with Crippen LogP contribution in [0.1, 0.15) is 144 Å². The van der Waals surface area contributed by atoms with E-state index >= 15 is 0 Å². The Morgan fingerprint density at radius 2 is 0.615 bits per heavy atom. The second kappa shape index (κ2) is 34.4. The first-order chi connectivity index (χ1) is 31.1. The summed E-state index contributed by atoms with van der Waals surface area (Å²) in [5.41, 5.74) is 0. The van der Waals surface area contributed by atoms with Crippen LogP contribution in [0.3, 0.4) is 0 Å². The van der Waals surface area contributed by atoms with Crippen LogP contribution in [0.15, 0.2) is 0 Å². The number of nitrogens with one attached hydrogen (secondary N) is 6. The molecule has 65 heavy (non-hydrogen) atoms. The molecular formula is C43H80N12O10. The number of nitrogens with zero attached hydrogens (tertiary/aromatic N) is 6. The van der Waals surface area contributed by atoms with Crippen LogP contribution in [0.4, 0.5) is 17.8 Å². The van der Waals surface area contributed by atoms with Gasteiger partial charge < -0.3 is 67.0 Å². The third kappa shape index (κ3) is 26.6. The molecule has 0 bridgehead atoms. The van der Waals surface area contributed by atoms with E-state index in [0.29, 0.717) is 13.1 Å². The minimum Gasteiger partial charge on any atom is -0.374 e. The highest BCUT2D eigenvalue weighted by Crippen LogP contribution is 2.20. The van der Waals surface area contributed by atoms with Crippen LogP contribution in [-0.4, -0.2) is 148 Å². The maximum atomic E-state index is 13.6. The van der Waals surface area contributed by atoms with Crippen LogP contribution in [-0.2, 0) is 28.8 Å². The third-order valence-corrected chi connectivity index (χ3v) is 10.0. The molecule has 4 unspecified atom stereocenters. The van der Waals surface area contributed by atoms with Gasteiger partial charge in [0.05, 0.1) is 0 Å². The van der Waals surface area contributed by atoms with Crippen molar-refractivity contribution in [1.29, 1.82) is 0 Å². The molecule has 1 heterocycles. The first-order valence-electron chi connectivity index (χ1n) is 23.5. The predicted molar refractivity (Wildman–Crippen MR) is 247 cm³/mol. The summed E-state index contributed by atoms with van der Waals surface area (Å²) in [6, 6.07) is 0. The lowest BCUT2D eigenvalue weighted by molar-refractivity contribution is -0.125. The van der Waals surface area contributed by atoms with Gasteiger partial charge in [0.1, 0.15) is 64.2 Å². The summed E-state index contributed by atoms with van der Waals surface area (Å²) in [5.74, 6) is -5.06. The molecule has 22 heteroatoms. The summed E-state index contributed by atoms with van der Waals surface area (Å²) < 4.78 is 0. The molecule has 0 aliphatic rings. The molecule has 1 rings (SSSR count). The normalized spacial score (nSPS) is 12.8. The quantitative estimate of drug-likeness (QED) is 0.0323. The lowest BCUT2D eigenvalue weighted by Crippen LogP contribution is -2.49. The van der Waals surface area contributed by atoms with Crippen molar-refractivity contribution in [1.82, 2.24) is 46.9 Å². The number of amides is 6. The first-order valence-corrected chi connectivity index (χ1v) is 23.5. The molecule has 0 aliphatic heterocycles. The number of rotatable bonds is 37. The molecule has 10 N–H and O–H groups in total. The zero-order valence-corrected chi connectivity index (χ0v) is 39.7. The van der Waals surface area contributed by atoms with Gasteiger partial charge in [0, 0.05) is 13.1 Å². The van der Waals surface area contributed by atoms with E-state index in [9.17, 15) is 49.2 Å². The van der Waals surface area contributed by atoms with Crippen molar-refractivity contribution in [3.05, 3.63) is 0 Å². The SMILES string of the molecule is CCCCCCCCNC(=O)CN(CC(=O)NCCCCCCCC)c1nc(N(CC(=O)NC(O)CC)CC(=O)NC(O)CC)nc(N(CC(=O)NC(O)CC)CC(=O)NC(O)CC)n1. The molecular weight excluding hydrogens is 845 g/mol. The van der Waals surface area contributed by atoms with E-state index < -0.39 is 99.6 Å². The van der Waals surface area contributed by atoms with Crippen LogP contribution >= 0.6 is 0 Å². The fourth-order valence-corrected chi connectivity index (χ4v) is 6.11. The molecule has 0 spiro atoms. The Morgan fingerprint density at radius 3 is 0.862 bits per heavy atom. The van der Waals surface area contributed by atoms with E-state index in [0.717, 1.165) is 86.8 Å². The zero-order chi connectivity index (χ0) is 48.6. The Hall–Kier alpha value is -4.93. The van der Waals surface area contributed by atoms with Crippen LogP contribution in [0.25, 0.3) is 0 Å². The monoisotopic (exact) mass is 925 g/mol. The minimum atomic E-state index is -1.24. The summed E-state index contributed by atoms with van der Waals surface area (Å²) >= 11 is 0. The number of aliphatic hydroxyl groups is 4. The van der Waals surface area contributed by atoms with Gasteiger partial charge in [0.15, 0.2) is 0 Å². The summed E-state index contributed by atoms with van der Waals surface area (Å²) in [6.07, 6.45) is 7.62. The average molecular weight is 925 g/mol. The van der Waals surface area contributed by atoms with Crippen LogP contribution < -0.4 is 46.6 Å². The molecule has 1 aromatic rings. The summed E-state index contributed by atoms with van der Waals surface area (Å²) in [7, 11) is 0. The molecule has 4 atom stereocenters. The number of aliphatic hydroxyl groups excluding tert-OH is 4. The van der Waals surface area contributed by atoms with Crippen LogP contribution in [0.2, 0.25) is 0 Å². The largest absolute Gasteiger partial charge is 0.374 e. The number of aromatic nitrogens is 3. The number of carbonyl (C=O) groups excluding carboxylic acids is 6. The third-order valence-electron chi connectivity index (χ3n) is 10.0. The van der Waals surface area contributed by atoms with Crippen molar-refractivity contribution < 1.29 is 49.2 Å². The van der Waals surface area contributed by atoms with Gasteiger partial charge in [-0.2, -0.15) is 15.0 Å². The van der Waals surface area contributed by atoms with E-state index in [1.54, 1.807) is 27.7 Å². The topological polar surface area (TPSA) is 304 Å². The van der Waals surface area contributed by atoms with Crippen molar-refractivity contribution in [2.75, 3.05) is 67.1 Å². The van der Waals surface area contributed by atoms with Gasteiger partial charge in [-0.3, -0.25) is 28.8 Å². The smallest absolute Gasteiger partial charge is 0.241 e. The second-order valence-corrected chi connectivity index (χ2v) is 16.0. The first kappa shape index (κ1) is 58.1. The maximum absolute atomic E-state index is 13.6. The standard InChI is InChI=1S/C43H80N12O10/c1-7-13-15-17-19-21-23-44-35(60)25-53(26-36(61)45-24-22-20-18-16-14-8-2)41-50-42(54(27-37(62)46-31(56)9-3)28-38(63)47-32(57)10-4)52-43(51-41)55(29-39(64)48-33(58)11-5)30-40(65)49-34(59)12-6/h31-34,56-59H,7-30H2,1-6H3,(H,44,60)(H,45,61)(H,46,62)(H,47,63)(H,48,64)(H,49,65). The second-order valence-electron chi connectivity index (χ2n) is 16.0. The number of hydrogen-bond acceptors (Lipinski definition) is 16. The Bertz CT molecular complexity index is 1400. The van der Waals surface area contributed by atoms with Crippen molar-refractivity contribution in [2.45, 2.75) is 169 Å². The van der Waals surface area contributed by atoms with Crippen LogP contribution in [0.5, 0.6) is 0 Å². The van der Waals surface area contributed by atoms with Crippen molar-refractivity contribution >= 4 is 53.3 Å². The minimum absolute atomic E-state index is 0.157. The van der Waals surface area contributed by atoms with E-state index in [4.69, 9.17) is 0 Å². The van der Waals surface area contributed by atoms with E-state index in [1.165, 1.54) is 4.90 Å². The molecule has 0 fully saturated rings. The number of carbonyl (C=O) groups is 6. The lowest BCUT2D eigenvalue weighted by Gasteiger charge is -2.29. The maximum Gasteiger partial charge on any atom is 0.241 e. The fourth-order valence-electron chi connectivity index (χ4n) is 6.11. The molecule has 372 valence electrons. The molecule has 0 aliphatic carbocycles. The number of anilines is 3. The highest BCUT2D eigenvalue weighted by atomic mass is 16.3. The lowest BCUT2D eigenvalue weighted by atomic mass is 10.1. The molecule has 0 saturated carbocycles. The molecule has 22 nitrogen and oxygen atoms in total. The van der Waals surface area contributed by atoms with Crippen molar-refractivity contribution in [2.24, 2.45) is 0 Å². The average Bonchev–Trinajstić information content (AvgIpc) is 3.27. The zero-order valence-electron chi connectivity index (χ0n) is 39.7. The van der Waals surface area contributed by atoms with E-state index in [1.807, 2.05) is 0 Å². The van der Waals surface area contributed by atoms with Gasteiger partial charge in [-0.05, 0) is 38.5 Å². The number of unbranched alkanes of at least 4 members (excludes halogenated alkanes) is 10. The van der Waals surface area contributed by atoms with Gasteiger partial charge in [-0.25, -0.2) is 0 Å². The van der Waals surface area contributed by atoms with Gasteiger partial charge in [-0.15, -0.1) is 0 Å². The Balaban J connectivity index is 3.99. The molecule has 6 amide bonds. The highest BCUT2D eigenvalue weighted by molar-refractivity contribution is 5.88. The molecule has 0 saturated heterocycles. The van der Waals surface area contributed by atoms with E-state index in [2.05, 4.69) is 60.7 Å². The Kier molecular flexibility index (Phi) is 30.8. The van der Waals surface area contributed by atoms with Gasteiger partial charge in [0.2, 0.25) is 53.3 Å². The Labute approximate surface area is 384 Å². The van der Waals surface area contributed by atoms with Crippen molar-refractivity contribution in [3.8, 4) is 0 Å². The predicted octanol–water partition coefficient (Wildman–Crippen LogP) is 0.623. The summed E-state index contributed by atoms with van der Waals surface area (Å²) in [5, 5.41) is 56.3. The molecule has 0 radical (unpaired) electrons. The summed E-state index contributed by atoms with van der Waals surface area (Å²) in [4.78, 5) is 97.4. The van der Waals surface area contributed by atoms with Crippen LogP contribution in [0, 0.1) is 0 Å². The van der Waals surface area contributed by atoms with Crippen molar-refractivity contribution in [3.63, 3.8) is 0 Å². The number of hydrogen-bond donors (Lipinski definition) is 10. The van der Waals surface area contributed by atoms with Gasteiger partial charge in [0.25, 0.3) is 0 Å². The highest BCUT2D eigenvalue weighted by Gasteiger charge is 2.28. The fraction of sp³-hybridized carbons (Fsp3) is 0.791. The van der Waals surface area contributed by atoms with Gasteiger partial charge >= 0.3 is 0 Å². The molecule has 1 aromatic heterocycles. The summed E-state index contributed by atoms with van der Waals surface area (Å²) in [6.45, 7) is 8.09. The Morgan fingerprint density at radius 1 is 0.385 bits per heavy atom. The molecule has 0 aromatic carbocycles. The van der Waals surface area contributed by atoms with E-state index in [-0.39, 0.29) is 43.5 Å².